The molecular weight excluding hydrogens is 323 g/mol. The molecule has 24 heavy (non-hydrogen) atoms. The highest BCUT2D eigenvalue weighted by molar-refractivity contribution is 5.90. The first-order chi connectivity index (χ1) is 11.2. The number of hydrogen-bond acceptors (Lipinski definition) is 3. The van der Waals surface area contributed by atoms with Gasteiger partial charge in [0, 0.05) is 50.9 Å². The Morgan fingerprint density at radius 2 is 1.92 bits per heavy atom. The number of hydrogen-bond donors (Lipinski definition) is 2. The van der Waals surface area contributed by atoms with Crippen molar-refractivity contribution in [1.29, 1.82) is 0 Å². The van der Waals surface area contributed by atoms with Gasteiger partial charge >= 0.3 is 12.2 Å². The molecule has 2 heterocycles. The fourth-order valence-corrected chi connectivity index (χ4v) is 3.18. The lowest BCUT2D eigenvalue weighted by atomic mass is 9.91. The lowest BCUT2D eigenvalue weighted by molar-refractivity contribution is -0.271. The zero-order chi connectivity index (χ0) is 17.5. The number of carbonyl (C=O) groups is 1. The second-order valence-corrected chi connectivity index (χ2v) is 6.46. The first-order valence-electron chi connectivity index (χ1n) is 7.89. The van der Waals surface area contributed by atoms with E-state index in [-0.39, 0.29) is 13.1 Å². The van der Waals surface area contributed by atoms with Crippen molar-refractivity contribution in [2.75, 3.05) is 36.9 Å². The van der Waals surface area contributed by atoms with E-state index in [1.165, 1.54) is 10.5 Å². The maximum absolute atomic E-state index is 12.8. The van der Waals surface area contributed by atoms with Gasteiger partial charge in [0.05, 0.1) is 0 Å². The molecule has 0 atom stereocenters. The number of alkyl halides is 3. The summed E-state index contributed by atoms with van der Waals surface area (Å²) in [6.07, 6.45) is -4.71. The van der Waals surface area contributed by atoms with Gasteiger partial charge in [-0.1, -0.05) is 6.07 Å². The third-order valence-corrected chi connectivity index (χ3v) is 4.87. The number of anilines is 2. The average Bonchev–Trinajstić information content (AvgIpc) is 2.88. The predicted molar refractivity (Wildman–Crippen MR) is 84.2 cm³/mol. The standard InChI is InChI=1S/C16H20F3N3O2/c1-21-7-4-11-2-3-12(10-13(11)21)20-14(23)22-8-5-15(24,6-9-22)16(17,18)19/h2-3,10,24H,4-9H2,1H3,(H,20,23). The van der Waals surface area contributed by atoms with Crippen molar-refractivity contribution in [3.05, 3.63) is 23.8 Å². The molecule has 1 saturated heterocycles. The lowest BCUT2D eigenvalue weighted by Crippen LogP contribution is -2.55. The van der Waals surface area contributed by atoms with Crippen molar-refractivity contribution in [1.82, 2.24) is 4.90 Å². The van der Waals surface area contributed by atoms with Crippen LogP contribution in [-0.2, 0) is 6.42 Å². The molecule has 0 bridgehead atoms. The monoisotopic (exact) mass is 343 g/mol. The summed E-state index contributed by atoms with van der Waals surface area (Å²) in [5.41, 5.74) is 0.186. The van der Waals surface area contributed by atoms with Crippen LogP contribution in [0.4, 0.5) is 29.3 Å². The summed E-state index contributed by atoms with van der Waals surface area (Å²) in [4.78, 5) is 15.6. The number of nitrogens with zero attached hydrogens (tertiary/aromatic N) is 2. The minimum Gasteiger partial charge on any atom is -0.380 e. The van der Waals surface area contributed by atoms with Crippen molar-refractivity contribution in [3.8, 4) is 0 Å². The molecule has 1 aromatic rings. The lowest BCUT2D eigenvalue weighted by Gasteiger charge is -2.39. The van der Waals surface area contributed by atoms with E-state index in [1.807, 2.05) is 19.2 Å². The van der Waals surface area contributed by atoms with E-state index in [0.717, 1.165) is 18.7 Å². The van der Waals surface area contributed by atoms with Gasteiger partial charge in [-0.2, -0.15) is 13.2 Å². The van der Waals surface area contributed by atoms with E-state index < -0.39 is 30.7 Å². The maximum atomic E-state index is 12.8. The van der Waals surface area contributed by atoms with Crippen LogP contribution in [0.2, 0.25) is 0 Å². The van der Waals surface area contributed by atoms with Crippen molar-refractivity contribution < 1.29 is 23.1 Å². The van der Waals surface area contributed by atoms with Crippen LogP contribution in [0.5, 0.6) is 0 Å². The zero-order valence-corrected chi connectivity index (χ0v) is 13.4. The minimum atomic E-state index is -4.67. The fraction of sp³-hybridized carbons (Fsp3) is 0.562. The Kier molecular flexibility index (Phi) is 4.11. The van der Waals surface area contributed by atoms with Gasteiger partial charge in [0.15, 0.2) is 5.60 Å². The number of rotatable bonds is 1. The zero-order valence-electron chi connectivity index (χ0n) is 13.4. The van der Waals surface area contributed by atoms with Gasteiger partial charge in [-0.25, -0.2) is 4.79 Å². The van der Waals surface area contributed by atoms with Crippen LogP contribution >= 0.6 is 0 Å². The normalized spacial score (nSPS) is 20.0. The van der Waals surface area contributed by atoms with E-state index in [9.17, 15) is 23.1 Å². The van der Waals surface area contributed by atoms with Crippen molar-refractivity contribution in [2.24, 2.45) is 0 Å². The molecule has 0 unspecified atom stereocenters. The van der Waals surface area contributed by atoms with Gasteiger partial charge < -0.3 is 20.2 Å². The number of likely N-dealkylation sites (N-methyl/N-ethyl adjacent to an activating group) is 1. The number of carbonyl (C=O) groups excluding carboxylic acids is 1. The molecule has 2 aliphatic rings. The number of likely N-dealkylation sites (tertiary alicyclic amines) is 1. The number of urea groups is 1. The Bertz CT molecular complexity index is 640. The highest BCUT2D eigenvalue weighted by Gasteiger charge is 2.54. The van der Waals surface area contributed by atoms with E-state index >= 15 is 0 Å². The van der Waals surface area contributed by atoms with Crippen LogP contribution in [0.25, 0.3) is 0 Å². The van der Waals surface area contributed by atoms with Gasteiger partial charge in [-0.15, -0.1) is 0 Å². The molecule has 3 rings (SSSR count). The molecule has 5 nitrogen and oxygen atoms in total. The highest BCUT2D eigenvalue weighted by atomic mass is 19.4. The first-order valence-corrected chi connectivity index (χ1v) is 7.89. The summed E-state index contributed by atoms with van der Waals surface area (Å²) >= 11 is 0. The molecule has 8 heteroatoms. The van der Waals surface area contributed by atoms with Crippen LogP contribution in [0, 0.1) is 0 Å². The summed E-state index contributed by atoms with van der Waals surface area (Å²) in [7, 11) is 1.97. The third-order valence-electron chi connectivity index (χ3n) is 4.87. The largest absolute Gasteiger partial charge is 0.417 e. The summed E-state index contributed by atoms with van der Waals surface area (Å²) < 4.78 is 38.4. The molecule has 0 radical (unpaired) electrons. The minimum absolute atomic E-state index is 0.132. The highest BCUT2D eigenvalue weighted by Crippen LogP contribution is 2.38. The Labute approximate surface area is 138 Å². The van der Waals surface area contributed by atoms with Crippen LogP contribution in [0.15, 0.2) is 18.2 Å². The molecule has 132 valence electrons. The number of piperidine rings is 1. The molecule has 2 aliphatic heterocycles. The Morgan fingerprint density at radius 1 is 1.25 bits per heavy atom. The molecule has 1 aromatic carbocycles. The summed E-state index contributed by atoms with van der Waals surface area (Å²) in [5.74, 6) is 0. The topological polar surface area (TPSA) is 55.8 Å². The van der Waals surface area contributed by atoms with Crippen LogP contribution in [0.1, 0.15) is 18.4 Å². The molecule has 0 spiro atoms. The molecule has 2 N–H and O–H groups in total. The van der Waals surface area contributed by atoms with Gasteiger partial charge in [0.1, 0.15) is 0 Å². The van der Waals surface area contributed by atoms with Crippen molar-refractivity contribution in [3.63, 3.8) is 0 Å². The molecule has 0 aromatic heterocycles. The SMILES string of the molecule is CN1CCc2ccc(NC(=O)N3CCC(O)(C(F)(F)F)CC3)cc21. The molecule has 0 saturated carbocycles. The fourth-order valence-electron chi connectivity index (χ4n) is 3.18. The molecular formula is C16H20F3N3O2. The maximum Gasteiger partial charge on any atom is 0.417 e. The van der Waals surface area contributed by atoms with E-state index in [2.05, 4.69) is 10.2 Å². The third kappa shape index (κ3) is 3.02. The van der Waals surface area contributed by atoms with Gasteiger partial charge in [0.25, 0.3) is 0 Å². The molecule has 0 aliphatic carbocycles. The summed E-state index contributed by atoms with van der Waals surface area (Å²) in [6, 6.07) is 5.18. The number of fused-ring (bicyclic) bond motifs is 1. The van der Waals surface area contributed by atoms with Crippen LogP contribution in [-0.4, -0.2) is 54.5 Å². The second-order valence-electron chi connectivity index (χ2n) is 6.46. The number of nitrogens with one attached hydrogen (secondary N) is 1. The van der Waals surface area contributed by atoms with Crippen molar-refractivity contribution in [2.45, 2.75) is 31.0 Å². The number of aliphatic hydroxyl groups is 1. The Hall–Kier alpha value is -1.96. The average molecular weight is 343 g/mol. The first kappa shape index (κ1) is 16.9. The van der Waals surface area contributed by atoms with Crippen LogP contribution < -0.4 is 10.2 Å². The summed E-state index contributed by atoms with van der Waals surface area (Å²) in [6.45, 7) is 0.661. The van der Waals surface area contributed by atoms with E-state index in [0.29, 0.717) is 5.69 Å². The van der Waals surface area contributed by atoms with Gasteiger partial charge in [-0.05, 0) is 24.1 Å². The molecule has 2 amide bonds. The summed E-state index contributed by atoms with van der Waals surface area (Å²) in [5, 5.41) is 12.4. The van der Waals surface area contributed by atoms with Gasteiger partial charge in [-0.3, -0.25) is 0 Å². The molecule has 1 fully saturated rings. The Morgan fingerprint density at radius 3 is 2.54 bits per heavy atom. The van der Waals surface area contributed by atoms with Gasteiger partial charge in [0.2, 0.25) is 0 Å². The van der Waals surface area contributed by atoms with Crippen molar-refractivity contribution >= 4 is 17.4 Å². The quantitative estimate of drug-likeness (QED) is 0.824. The Balaban J connectivity index is 1.62. The van der Waals surface area contributed by atoms with Crippen LogP contribution in [0.3, 0.4) is 0 Å². The predicted octanol–water partition coefficient (Wildman–Crippen LogP) is 2.60. The number of halogens is 3. The number of benzene rings is 1. The van der Waals surface area contributed by atoms with E-state index in [4.69, 9.17) is 0 Å². The smallest absolute Gasteiger partial charge is 0.380 e. The number of amides is 2. The van der Waals surface area contributed by atoms with E-state index in [1.54, 1.807) is 6.07 Å². The second kappa shape index (κ2) is 5.84.